The standard InChI is InChI=1S/C32H37FN6O/c1-21(2)10-15-28-34-30(29-22(3)36-39(31(29)35-28)25-13-11-24(33)12-14-25)37-16-7-17-38(19-18-37)32(40)27-20-26(27)23-8-5-4-6-9-23/h4-6,8-9,11-14,21,26-27H,7,10,15-20H2,1-3H3/t26-,27?/m0/s1. The van der Waals surface area contributed by atoms with Gasteiger partial charge < -0.3 is 9.80 Å². The van der Waals surface area contributed by atoms with Gasteiger partial charge in [-0.25, -0.2) is 19.0 Å². The van der Waals surface area contributed by atoms with Crippen LogP contribution < -0.4 is 4.90 Å². The summed E-state index contributed by atoms with van der Waals surface area (Å²) in [6.45, 7) is 9.35. The summed E-state index contributed by atoms with van der Waals surface area (Å²) in [5.74, 6) is 2.65. The molecule has 4 aromatic rings. The Morgan fingerprint density at radius 3 is 2.52 bits per heavy atom. The van der Waals surface area contributed by atoms with Gasteiger partial charge in [-0.3, -0.25) is 4.79 Å². The Hall–Kier alpha value is -3.81. The number of fused-ring (bicyclic) bond motifs is 1. The zero-order valence-electron chi connectivity index (χ0n) is 23.6. The molecule has 2 fully saturated rings. The average Bonchev–Trinajstić information content (AvgIpc) is 3.74. The van der Waals surface area contributed by atoms with Gasteiger partial charge in [0.2, 0.25) is 5.91 Å². The van der Waals surface area contributed by atoms with Gasteiger partial charge in [0, 0.05) is 38.5 Å². The Balaban J connectivity index is 1.28. The highest BCUT2D eigenvalue weighted by Gasteiger charge is 2.45. The molecule has 2 atom stereocenters. The summed E-state index contributed by atoms with van der Waals surface area (Å²) in [5.41, 5.74) is 3.62. The zero-order chi connectivity index (χ0) is 27.8. The predicted octanol–water partition coefficient (Wildman–Crippen LogP) is 5.69. The topological polar surface area (TPSA) is 67.2 Å². The fraction of sp³-hybridized carbons (Fsp3) is 0.438. The molecule has 208 valence electrons. The minimum Gasteiger partial charge on any atom is -0.354 e. The van der Waals surface area contributed by atoms with E-state index in [9.17, 15) is 9.18 Å². The number of halogens is 1. The first-order valence-electron chi connectivity index (χ1n) is 14.5. The molecule has 8 heteroatoms. The number of carbonyl (C=O) groups excluding carboxylic acids is 1. The molecule has 0 radical (unpaired) electrons. The summed E-state index contributed by atoms with van der Waals surface area (Å²) < 4.78 is 15.5. The Kier molecular flexibility index (Phi) is 7.26. The van der Waals surface area contributed by atoms with E-state index in [1.807, 2.05) is 13.0 Å². The summed E-state index contributed by atoms with van der Waals surface area (Å²) in [6, 6.07) is 16.7. The van der Waals surface area contributed by atoms with Gasteiger partial charge >= 0.3 is 0 Å². The third-order valence-corrected chi connectivity index (χ3v) is 8.19. The van der Waals surface area contributed by atoms with Crippen LogP contribution in [0.2, 0.25) is 0 Å². The number of aromatic nitrogens is 4. The van der Waals surface area contributed by atoms with E-state index in [1.54, 1.807) is 16.8 Å². The van der Waals surface area contributed by atoms with Crippen LogP contribution in [0.4, 0.5) is 10.2 Å². The second-order valence-electron chi connectivity index (χ2n) is 11.6. The van der Waals surface area contributed by atoms with Gasteiger partial charge in [-0.1, -0.05) is 44.2 Å². The third kappa shape index (κ3) is 5.31. The van der Waals surface area contributed by atoms with E-state index in [1.165, 1.54) is 17.7 Å². The molecule has 0 N–H and O–H groups in total. The highest BCUT2D eigenvalue weighted by molar-refractivity contribution is 5.91. The normalized spacial score (nSPS) is 19.3. The molecule has 6 rings (SSSR count). The summed E-state index contributed by atoms with van der Waals surface area (Å²) in [7, 11) is 0. The van der Waals surface area contributed by atoms with E-state index in [0.717, 1.165) is 72.8 Å². The Morgan fingerprint density at radius 2 is 1.77 bits per heavy atom. The molecular weight excluding hydrogens is 503 g/mol. The van der Waals surface area contributed by atoms with E-state index >= 15 is 0 Å². The van der Waals surface area contributed by atoms with Crippen molar-refractivity contribution in [2.24, 2.45) is 11.8 Å². The van der Waals surface area contributed by atoms with Gasteiger partial charge in [0.25, 0.3) is 0 Å². The van der Waals surface area contributed by atoms with Gasteiger partial charge in [-0.2, -0.15) is 5.10 Å². The van der Waals surface area contributed by atoms with Crippen LogP contribution in [0.5, 0.6) is 0 Å². The second kappa shape index (κ2) is 11.0. The molecule has 2 aliphatic rings. The monoisotopic (exact) mass is 540 g/mol. The van der Waals surface area contributed by atoms with Crippen LogP contribution in [0.1, 0.15) is 56.1 Å². The van der Waals surface area contributed by atoms with E-state index in [-0.39, 0.29) is 17.6 Å². The van der Waals surface area contributed by atoms with Gasteiger partial charge in [-0.05, 0) is 67.9 Å². The predicted molar refractivity (Wildman–Crippen MR) is 155 cm³/mol. The van der Waals surface area contributed by atoms with Crippen molar-refractivity contribution in [2.45, 2.75) is 52.4 Å². The highest BCUT2D eigenvalue weighted by Crippen LogP contribution is 2.48. The number of rotatable bonds is 7. The zero-order valence-corrected chi connectivity index (χ0v) is 23.6. The third-order valence-electron chi connectivity index (χ3n) is 8.19. The van der Waals surface area contributed by atoms with Gasteiger partial charge in [-0.15, -0.1) is 0 Å². The minimum atomic E-state index is -0.283. The summed E-state index contributed by atoms with van der Waals surface area (Å²) in [4.78, 5) is 27.8. The quantitative estimate of drug-likeness (QED) is 0.301. The number of carbonyl (C=O) groups is 1. The molecule has 40 heavy (non-hydrogen) atoms. The molecule has 1 amide bonds. The fourth-order valence-electron chi connectivity index (χ4n) is 5.85. The first-order valence-corrected chi connectivity index (χ1v) is 14.5. The van der Waals surface area contributed by atoms with Crippen LogP contribution in [-0.4, -0.2) is 56.7 Å². The lowest BCUT2D eigenvalue weighted by atomic mass is 10.1. The van der Waals surface area contributed by atoms with Crippen LogP contribution in [0, 0.1) is 24.6 Å². The molecule has 0 spiro atoms. The van der Waals surface area contributed by atoms with Crippen molar-refractivity contribution in [3.8, 4) is 5.69 Å². The van der Waals surface area contributed by atoms with Crippen molar-refractivity contribution in [3.63, 3.8) is 0 Å². The van der Waals surface area contributed by atoms with Crippen molar-refractivity contribution >= 4 is 22.8 Å². The largest absolute Gasteiger partial charge is 0.354 e. The van der Waals surface area contributed by atoms with E-state index < -0.39 is 0 Å². The maximum atomic E-state index is 13.7. The van der Waals surface area contributed by atoms with Crippen LogP contribution in [0.3, 0.4) is 0 Å². The summed E-state index contributed by atoms with van der Waals surface area (Å²) in [6.07, 6.45) is 3.58. The summed E-state index contributed by atoms with van der Waals surface area (Å²) in [5, 5.41) is 5.74. The van der Waals surface area contributed by atoms with Crippen molar-refractivity contribution in [1.82, 2.24) is 24.6 Å². The fourth-order valence-corrected chi connectivity index (χ4v) is 5.85. The van der Waals surface area contributed by atoms with Crippen LogP contribution in [0.25, 0.3) is 16.7 Å². The highest BCUT2D eigenvalue weighted by atomic mass is 19.1. The Labute approximate surface area is 235 Å². The number of aryl methyl sites for hydroxylation is 2. The van der Waals surface area contributed by atoms with Crippen molar-refractivity contribution in [2.75, 3.05) is 31.1 Å². The van der Waals surface area contributed by atoms with Crippen LogP contribution in [-0.2, 0) is 11.2 Å². The number of nitrogens with zero attached hydrogens (tertiary/aromatic N) is 6. The SMILES string of the molecule is Cc1nn(-c2ccc(F)cc2)c2nc(CCC(C)C)nc(N3CCCN(C(=O)C4C[C@H]4c4ccccc4)CC3)c12. The van der Waals surface area contributed by atoms with Crippen molar-refractivity contribution < 1.29 is 9.18 Å². The Morgan fingerprint density at radius 1 is 1.00 bits per heavy atom. The van der Waals surface area contributed by atoms with E-state index in [0.29, 0.717) is 24.9 Å². The molecule has 0 bridgehead atoms. The minimum absolute atomic E-state index is 0.0959. The lowest BCUT2D eigenvalue weighted by Gasteiger charge is -2.24. The lowest BCUT2D eigenvalue weighted by molar-refractivity contribution is -0.132. The number of amides is 1. The molecular formula is C32H37FN6O. The maximum Gasteiger partial charge on any atom is 0.226 e. The average molecular weight is 541 g/mol. The lowest BCUT2D eigenvalue weighted by Crippen LogP contribution is -2.36. The number of hydrogen-bond donors (Lipinski definition) is 0. The number of anilines is 1. The van der Waals surface area contributed by atoms with Gasteiger partial charge in [0.05, 0.1) is 16.8 Å². The number of hydrogen-bond acceptors (Lipinski definition) is 5. The second-order valence-corrected chi connectivity index (χ2v) is 11.6. The molecule has 1 aliphatic heterocycles. The molecule has 3 heterocycles. The Bertz CT molecular complexity index is 1500. The van der Waals surface area contributed by atoms with Gasteiger partial charge in [0.1, 0.15) is 17.5 Å². The molecule has 1 unspecified atom stereocenters. The van der Waals surface area contributed by atoms with Gasteiger partial charge in [0.15, 0.2) is 5.65 Å². The smallest absolute Gasteiger partial charge is 0.226 e. The van der Waals surface area contributed by atoms with Crippen molar-refractivity contribution in [1.29, 1.82) is 0 Å². The molecule has 1 aliphatic carbocycles. The molecule has 1 saturated carbocycles. The molecule has 2 aromatic heterocycles. The summed E-state index contributed by atoms with van der Waals surface area (Å²) >= 11 is 0. The first-order chi connectivity index (χ1) is 19.4. The molecule has 1 saturated heterocycles. The van der Waals surface area contributed by atoms with Crippen LogP contribution in [0.15, 0.2) is 54.6 Å². The first kappa shape index (κ1) is 26.4. The molecule has 7 nitrogen and oxygen atoms in total. The number of benzene rings is 2. The van der Waals surface area contributed by atoms with Crippen LogP contribution >= 0.6 is 0 Å². The molecule has 2 aromatic carbocycles. The van der Waals surface area contributed by atoms with E-state index in [4.69, 9.17) is 15.1 Å². The van der Waals surface area contributed by atoms with E-state index in [2.05, 4.69) is 47.9 Å². The van der Waals surface area contributed by atoms with Crippen molar-refractivity contribution in [3.05, 3.63) is 77.5 Å². The maximum absolute atomic E-state index is 13.7.